The third-order valence-corrected chi connectivity index (χ3v) is 6.18. The lowest BCUT2D eigenvalue weighted by molar-refractivity contribution is -0.136. The molecule has 0 aliphatic heterocycles. The quantitative estimate of drug-likeness (QED) is 0.497. The Hall–Kier alpha value is -1.99. The fourth-order valence-corrected chi connectivity index (χ4v) is 4.87. The number of aliphatic carboxylic acids is 1. The van der Waals surface area contributed by atoms with Crippen LogP contribution >= 0.6 is 23.1 Å². The SMILES string of the molecule is CCC(Sc1nc(C)nc2sc(C)c(-c3ccc(F)cc3)c12)C(=O)O. The molecule has 0 saturated heterocycles. The number of fused-ring (bicyclic) bond motifs is 1. The summed E-state index contributed by atoms with van der Waals surface area (Å²) in [5.41, 5.74) is 1.82. The van der Waals surface area contributed by atoms with Crippen LogP contribution in [0, 0.1) is 19.7 Å². The minimum Gasteiger partial charge on any atom is -0.480 e. The zero-order valence-electron chi connectivity index (χ0n) is 14.0. The number of nitrogens with zero attached hydrogens (tertiary/aromatic N) is 2. The van der Waals surface area contributed by atoms with Gasteiger partial charge in [0.05, 0.1) is 5.39 Å². The van der Waals surface area contributed by atoms with E-state index in [4.69, 9.17) is 0 Å². The average molecular weight is 376 g/mol. The van der Waals surface area contributed by atoms with Crippen molar-refractivity contribution in [2.75, 3.05) is 0 Å². The highest BCUT2D eigenvalue weighted by Gasteiger charge is 2.23. The van der Waals surface area contributed by atoms with E-state index in [0.29, 0.717) is 17.3 Å². The monoisotopic (exact) mass is 376 g/mol. The Balaban J connectivity index is 2.22. The van der Waals surface area contributed by atoms with Crippen molar-refractivity contribution < 1.29 is 14.3 Å². The maximum atomic E-state index is 13.3. The number of carboxylic acids is 1. The first-order valence-corrected chi connectivity index (χ1v) is 9.53. The van der Waals surface area contributed by atoms with Crippen LogP contribution in [0.2, 0.25) is 0 Å². The van der Waals surface area contributed by atoms with E-state index in [-0.39, 0.29) is 5.82 Å². The van der Waals surface area contributed by atoms with Crippen LogP contribution in [0.25, 0.3) is 21.3 Å². The first-order valence-electron chi connectivity index (χ1n) is 7.83. The van der Waals surface area contributed by atoms with Gasteiger partial charge in [0.25, 0.3) is 0 Å². The third kappa shape index (κ3) is 3.52. The van der Waals surface area contributed by atoms with Crippen LogP contribution in [-0.4, -0.2) is 26.3 Å². The van der Waals surface area contributed by atoms with E-state index >= 15 is 0 Å². The van der Waals surface area contributed by atoms with Gasteiger partial charge in [0, 0.05) is 10.4 Å². The van der Waals surface area contributed by atoms with Crippen molar-refractivity contribution in [3.8, 4) is 11.1 Å². The number of aryl methyl sites for hydroxylation is 2. The van der Waals surface area contributed by atoms with Crippen LogP contribution in [0.3, 0.4) is 0 Å². The number of thioether (sulfide) groups is 1. The summed E-state index contributed by atoms with van der Waals surface area (Å²) >= 11 is 2.79. The number of carbonyl (C=O) groups is 1. The lowest BCUT2D eigenvalue weighted by Gasteiger charge is -2.11. The highest BCUT2D eigenvalue weighted by atomic mass is 32.2. The zero-order valence-corrected chi connectivity index (χ0v) is 15.7. The summed E-state index contributed by atoms with van der Waals surface area (Å²) in [5, 5.41) is 10.3. The van der Waals surface area contributed by atoms with E-state index < -0.39 is 11.2 Å². The fraction of sp³-hybridized carbons (Fsp3) is 0.278. The van der Waals surface area contributed by atoms with Gasteiger partial charge in [0.1, 0.15) is 26.7 Å². The predicted octanol–water partition coefficient (Wildman–Crippen LogP) is 5.07. The number of halogens is 1. The molecule has 1 atom stereocenters. The zero-order chi connectivity index (χ0) is 18.1. The Labute approximate surface area is 153 Å². The molecule has 0 aliphatic rings. The normalized spacial score (nSPS) is 12.5. The standard InChI is InChI=1S/C18H17FN2O2S2/c1-4-13(18(22)23)25-17-15-14(11-5-7-12(19)8-6-11)9(2)24-16(15)20-10(3)21-17/h5-8,13H,4H2,1-3H3,(H,22,23). The van der Waals surface area contributed by atoms with Crippen molar-refractivity contribution >= 4 is 39.3 Å². The number of rotatable bonds is 5. The molecule has 0 spiro atoms. The topological polar surface area (TPSA) is 63.1 Å². The summed E-state index contributed by atoms with van der Waals surface area (Å²) < 4.78 is 13.3. The number of aromatic nitrogens is 2. The maximum Gasteiger partial charge on any atom is 0.317 e. The molecule has 0 aliphatic carbocycles. The van der Waals surface area contributed by atoms with E-state index in [0.717, 1.165) is 26.2 Å². The maximum absolute atomic E-state index is 13.3. The van der Waals surface area contributed by atoms with Gasteiger partial charge in [-0.15, -0.1) is 11.3 Å². The van der Waals surface area contributed by atoms with Crippen molar-refractivity contribution in [2.45, 2.75) is 37.5 Å². The van der Waals surface area contributed by atoms with Gasteiger partial charge in [-0.05, 0) is 38.0 Å². The molecule has 2 aromatic heterocycles. The Morgan fingerprint density at radius 3 is 2.56 bits per heavy atom. The van der Waals surface area contributed by atoms with Crippen LogP contribution in [0.15, 0.2) is 29.3 Å². The molecule has 3 rings (SSSR count). The molecule has 7 heteroatoms. The molecule has 2 heterocycles. The van der Waals surface area contributed by atoms with Crippen molar-refractivity contribution in [2.24, 2.45) is 0 Å². The van der Waals surface area contributed by atoms with Gasteiger partial charge >= 0.3 is 5.97 Å². The van der Waals surface area contributed by atoms with Gasteiger partial charge in [0.2, 0.25) is 0 Å². The van der Waals surface area contributed by atoms with Crippen LogP contribution in [0.4, 0.5) is 4.39 Å². The summed E-state index contributed by atoms with van der Waals surface area (Å²) in [5.74, 6) is -0.533. The van der Waals surface area contributed by atoms with Gasteiger partial charge < -0.3 is 5.11 Å². The summed E-state index contributed by atoms with van der Waals surface area (Å²) in [7, 11) is 0. The molecule has 3 aromatic rings. The molecule has 0 saturated carbocycles. The van der Waals surface area contributed by atoms with E-state index in [9.17, 15) is 14.3 Å². The van der Waals surface area contributed by atoms with Gasteiger partial charge in [0.15, 0.2) is 0 Å². The number of benzene rings is 1. The molecule has 1 N–H and O–H groups in total. The summed E-state index contributed by atoms with van der Waals surface area (Å²) in [6.07, 6.45) is 0.500. The molecule has 25 heavy (non-hydrogen) atoms. The first-order chi connectivity index (χ1) is 11.9. The van der Waals surface area contributed by atoms with Gasteiger partial charge in [-0.3, -0.25) is 4.79 Å². The Morgan fingerprint density at radius 2 is 1.96 bits per heavy atom. The molecule has 130 valence electrons. The minimum absolute atomic E-state index is 0.292. The summed E-state index contributed by atoms with van der Waals surface area (Å²) in [6, 6.07) is 6.30. The number of thiophene rings is 1. The number of hydrogen-bond acceptors (Lipinski definition) is 5. The van der Waals surface area contributed by atoms with Crippen LogP contribution in [-0.2, 0) is 4.79 Å². The molecular formula is C18H17FN2O2S2. The van der Waals surface area contributed by atoms with Crippen molar-refractivity contribution in [1.29, 1.82) is 0 Å². The molecular weight excluding hydrogens is 359 g/mol. The van der Waals surface area contributed by atoms with Gasteiger partial charge in [-0.1, -0.05) is 30.8 Å². The number of hydrogen-bond donors (Lipinski definition) is 1. The summed E-state index contributed by atoms with van der Waals surface area (Å²) in [6.45, 7) is 5.64. The molecule has 1 unspecified atom stereocenters. The van der Waals surface area contributed by atoms with Crippen molar-refractivity contribution in [3.63, 3.8) is 0 Å². The molecule has 0 fully saturated rings. The summed E-state index contributed by atoms with van der Waals surface area (Å²) in [4.78, 5) is 22.3. The van der Waals surface area contributed by atoms with Crippen LogP contribution < -0.4 is 0 Å². The van der Waals surface area contributed by atoms with Crippen LogP contribution in [0.1, 0.15) is 24.0 Å². The second kappa shape index (κ2) is 7.09. The Kier molecular flexibility index (Phi) is 5.06. The van der Waals surface area contributed by atoms with Gasteiger partial charge in [-0.25, -0.2) is 14.4 Å². The minimum atomic E-state index is -0.854. The van der Waals surface area contributed by atoms with E-state index in [1.165, 1.54) is 23.9 Å². The van der Waals surface area contributed by atoms with Gasteiger partial charge in [-0.2, -0.15) is 0 Å². The average Bonchev–Trinajstić information content (AvgIpc) is 2.88. The Morgan fingerprint density at radius 1 is 1.28 bits per heavy atom. The van der Waals surface area contributed by atoms with E-state index in [1.54, 1.807) is 30.4 Å². The largest absolute Gasteiger partial charge is 0.480 e. The second-order valence-corrected chi connectivity index (χ2v) is 8.04. The highest BCUT2D eigenvalue weighted by molar-refractivity contribution is 8.00. The highest BCUT2D eigenvalue weighted by Crippen LogP contribution is 2.42. The molecule has 0 amide bonds. The van der Waals surface area contributed by atoms with Crippen molar-refractivity contribution in [1.82, 2.24) is 9.97 Å². The van der Waals surface area contributed by atoms with E-state index in [2.05, 4.69) is 9.97 Å². The van der Waals surface area contributed by atoms with Crippen molar-refractivity contribution in [3.05, 3.63) is 40.8 Å². The molecule has 0 radical (unpaired) electrons. The molecule has 1 aromatic carbocycles. The number of carboxylic acid groups (broad SMARTS) is 1. The predicted molar refractivity (Wildman–Crippen MR) is 99.9 cm³/mol. The Bertz CT molecular complexity index is 938. The van der Waals surface area contributed by atoms with E-state index in [1.807, 2.05) is 13.8 Å². The smallest absolute Gasteiger partial charge is 0.317 e. The third-order valence-electron chi connectivity index (χ3n) is 3.84. The first kappa shape index (κ1) is 17.8. The second-order valence-electron chi connectivity index (χ2n) is 5.65. The lowest BCUT2D eigenvalue weighted by atomic mass is 10.0. The molecule has 0 bridgehead atoms. The fourth-order valence-electron chi connectivity index (χ4n) is 2.67. The lowest BCUT2D eigenvalue weighted by Crippen LogP contribution is -2.15. The molecule has 4 nitrogen and oxygen atoms in total. The van der Waals surface area contributed by atoms with Crippen LogP contribution in [0.5, 0.6) is 0 Å².